The molecule has 0 aliphatic rings. The van der Waals surface area contributed by atoms with Gasteiger partial charge in [0.25, 0.3) is 0 Å². The van der Waals surface area contributed by atoms with Crippen LogP contribution in [0.4, 0.5) is 15.8 Å². The Balaban J connectivity index is 2.32. The number of hydrogen-bond donors (Lipinski definition) is 0. The minimum Gasteiger partial charge on any atom is -0.341 e. The first-order chi connectivity index (χ1) is 8.31. The summed E-state index contributed by atoms with van der Waals surface area (Å²) in [6.07, 6.45) is 4.27. The van der Waals surface area contributed by atoms with Crippen molar-refractivity contribution < 1.29 is 4.39 Å². The Labute approximate surface area is 101 Å². The maximum absolute atomic E-state index is 12.9. The van der Waals surface area contributed by atoms with E-state index in [2.05, 4.69) is 16.8 Å². The van der Waals surface area contributed by atoms with Crippen LogP contribution in [-0.2, 0) is 0 Å². The standard InChI is InChI=1S/C14H14FN2/c1-2-11-17(14-7-9-16-10-8-14)13-5-3-12(15)4-6-13/h3-10H,1-2,11H2. The summed E-state index contributed by atoms with van der Waals surface area (Å²) in [6.45, 7) is 4.65. The zero-order chi connectivity index (χ0) is 12.1. The summed E-state index contributed by atoms with van der Waals surface area (Å²) in [5.74, 6) is -0.224. The summed E-state index contributed by atoms with van der Waals surface area (Å²) >= 11 is 0. The topological polar surface area (TPSA) is 16.1 Å². The number of anilines is 2. The van der Waals surface area contributed by atoms with Crippen LogP contribution in [-0.4, -0.2) is 11.5 Å². The van der Waals surface area contributed by atoms with Crippen molar-refractivity contribution in [3.8, 4) is 0 Å². The van der Waals surface area contributed by atoms with Crippen molar-refractivity contribution in [3.63, 3.8) is 0 Å². The van der Waals surface area contributed by atoms with Gasteiger partial charge in [-0.3, -0.25) is 4.98 Å². The van der Waals surface area contributed by atoms with Crippen LogP contribution in [0.5, 0.6) is 0 Å². The molecule has 0 aliphatic carbocycles. The molecule has 0 saturated carbocycles. The average Bonchev–Trinajstić information content (AvgIpc) is 2.38. The number of halogens is 1. The van der Waals surface area contributed by atoms with E-state index in [-0.39, 0.29) is 5.82 Å². The molecule has 0 fully saturated rings. The van der Waals surface area contributed by atoms with Crippen molar-refractivity contribution in [2.75, 3.05) is 11.4 Å². The lowest BCUT2D eigenvalue weighted by molar-refractivity contribution is 0.627. The van der Waals surface area contributed by atoms with E-state index in [0.29, 0.717) is 0 Å². The fourth-order valence-electron chi connectivity index (χ4n) is 1.71. The number of benzene rings is 1. The molecule has 17 heavy (non-hydrogen) atoms. The van der Waals surface area contributed by atoms with Gasteiger partial charge in [0, 0.05) is 30.3 Å². The second-order valence-electron chi connectivity index (χ2n) is 3.69. The van der Waals surface area contributed by atoms with Gasteiger partial charge in [-0.1, -0.05) is 6.92 Å². The van der Waals surface area contributed by atoms with Crippen LogP contribution in [0.2, 0.25) is 0 Å². The summed E-state index contributed by atoms with van der Waals surface area (Å²) in [7, 11) is 0. The number of aromatic nitrogens is 1. The number of hydrogen-bond acceptors (Lipinski definition) is 2. The first-order valence-corrected chi connectivity index (χ1v) is 5.53. The van der Waals surface area contributed by atoms with Crippen molar-refractivity contribution >= 4 is 11.4 Å². The second-order valence-corrected chi connectivity index (χ2v) is 3.69. The molecule has 1 aromatic heterocycles. The van der Waals surface area contributed by atoms with Crippen LogP contribution in [0.3, 0.4) is 0 Å². The van der Waals surface area contributed by atoms with E-state index in [1.165, 1.54) is 12.1 Å². The van der Waals surface area contributed by atoms with Gasteiger partial charge in [0.15, 0.2) is 0 Å². The Morgan fingerprint density at radius 3 is 2.18 bits per heavy atom. The van der Waals surface area contributed by atoms with E-state index in [1.807, 2.05) is 12.1 Å². The molecule has 2 nitrogen and oxygen atoms in total. The van der Waals surface area contributed by atoms with Crippen LogP contribution in [0.1, 0.15) is 6.42 Å². The Bertz CT molecular complexity index is 453. The van der Waals surface area contributed by atoms with Gasteiger partial charge < -0.3 is 4.90 Å². The van der Waals surface area contributed by atoms with E-state index >= 15 is 0 Å². The quantitative estimate of drug-likeness (QED) is 0.796. The lowest BCUT2D eigenvalue weighted by Crippen LogP contribution is -2.17. The van der Waals surface area contributed by atoms with Crippen molar-refractivity contribution in [2.24, 2.45) is 0 Å². The number of pyridine rings is 1. The Morgan fingerprint density at radius 2 is 1.59 bits per heavy atom. The van der Waals surface area contributed by atoms with Crippen LogP contribution < -0.4 is 4.90 Å². The third kappa shape index (κ3) is 2.81. The van der Waals surface area contributed by atoms with Crippen molar-refractivity contribution in [1.82, 2.24) is 4.98 Å². The summed E-state index contributed by atoms with van der Waals surface area (Å²) in [6, 6.07) is 10.3. The molecule has 0 unspecified atom stereocenters. The molecule has 2 rings (SSSR count). The molecule has 1 radical (unpaired) electrons. The van der Waals surface area contributed by atoms with Gasteiger partial charge in [0.05, 0.1) is 0 Å². The predicted molar refractivity (Wildman–Crippen MR) is 67.6 cm³/mol. The summed E-state index contributed by atoms with van der Waals surface area (Å²) in [4.78, 5) is 6.08. The number of nitrogens with zero attached hydrogens (tertiary/aromatic N) is 2. The third-order valence-corrected chi connectivity index (χ3v) is 2.49. The second kappa shape index (κ2) is 5.43. The van der Waals surface area contributed by atoms with Gasteiger partial charge in [-0.25, -0.2) is 4.39 Å². The Kier molecular flexibility index (Phi) is 3.70. The predicted octanol–water partition coefficient (Wildman–Crippen LogP) is 3.58. The average molecular weight is 229 g/mol. The molecule has 87 valence electrons. The molecular formula is C14H14FN2. The van der Waals surface area contributed by atoms with Gasteiger partial charge in [0.1, 0.15) is 5.82 Å². The van der Waals surface area contributed by atoms with E-state index in [9.17, 15) is 4.39 Å². The maximum Gasteiger partial charge on any atom is 0.123 e. The third-order valence-electron chi connectivity index (χ3n) is 2.49. The molecule has 0 atom stereocenters. The van der Waals surface area contributed by atoms with Gasteiger partial charge in [0.2, 0.25) is 0 Å². The van der Waals surface area contributed by atoms with Crippen LogP contribution in [0.25, 0.3) is 0 Å². The van der Waals surface area contributed by atoms with Gasteiger partial charge in [-0.2, -0.15) is 0 Å². The largest absolute Gasteiger partial charge is 0.341 e. The fraction of sp³-hybridized carbons (Fsp3) is 0.143. The molecule has 1 heterocycles. The highest BCUT2D eigenvalue weighted by atomic mass is 19.1. The summed E-state index contributed by atoms with van der Waals surface area (Å²) in [5, 5.41) is 0. The molecule has 0 aliphatic heterocycles. The van der Waals surface area contributed by atoms with Crippen molar-refractivity contribution in [1.29, 1.82) is 0 Å². The lowest BCUT2D eigenvalue weighted by atomic mass is 10.2. The SMILES string of the molecule is [CH2]CCN(c1ccncc1)c1ccc(F)cc1. The lowest BCUT2D eigenvalue weighted by Gasteiger charge is -2.24. The minimum absolute atomic E-state index is 0.224. The molecule has 0 saturated heterocycles. The normalized spacial score (nSPS) is 10.2. The highest BCUT2D eigenvalue weighted by Gasteiger charge is 2.07. The fourth-order valence-corrected chi connectivity index (χ4v) is 1.71. The zero-order valence-electron chi connectivity index (χ0n) is 9.51. The van der Waals surface area contributed by atoms with Crippen molar-refractivity contribution in [3.05, 3.63) is 61.5 Å². The van der Waals surface area contributed by atoms with Crippen LogP contribution >= 0.6 is 0 Å². The molecule has 3 heteroatoms. The number of rotatable bonds is 4. The molecule has 0 N–H and O–H groups in total. The summed E-state index contributed by atoms with van der Waals surface area (Å²) in [5.41, 5.74) is 2.00. The Morgan fingerprint density at radius 1 is 1.00 bits per heavy atom. The van der Waals surface area contributed by atoms with Gasteiger partial charge in [-0.05, 0) is 42.8 Å². The molecular weight excluding hydrogens is 215 g/mol. The van der Waals surface area contributed by atoms with Crippen LogP contribution in [0.15, 0.2) is 48.8 Å². The molecule has 0 spiro atoms. The maximum atomic E-state index is 12.9. The highest BCUT2D eigenvalue weighted by Crippen LogP contribution is 2.24. The molecule has 0 amide bonds. The van der Waals surface area contributed by atoms with E-state index in [0.717, 1.165) is 24.3 Å². The first kappa shape index (κ1) is 11.6. The first-order valence-electron chi connectivity index (χ1n) is 5.53. The van der Waals surface area contributed by atoms with E-state index in [1.54, 1.807) is 24.5 Å². The smallest absolute Gasteiger partial charge is 0.123 e. The summed E-state index contributed by atoms with van der Waals surface area (Å²) < 4.78 is 12.9. The van der Waals surface area contributed by atoms with Crippen molar-refractivity contribution in [2.45, 2.75) is 6.42 Å². The highest BCUT2D eigenvalue weighted by molar-refractivity contribution is 5.62. The monoisotopic (exact) mass is 229 g/mol. The van der Waals surface area contributed by atoms with Crippen LogP contribution in [0, 0.1) is 12.7 Å². The molecule has 0 bridgehead atoms. The van der Waals surface area contributed by atoms with E-state index < -0.39 is 0 Å². The van der Waals surface area contributed by atoms with E-state index in [4.69, 9.17) is 0 Å². The Hall–Kier alpha value is -1.90. The molecule has 2 aromatic rings. The minimum atomic E-state index is -0.224. The zero-order valence-corrected chi connectivity index (χ0v) is 9.51. The molecule has 1 aromatic carbocycles. The van der Waals surface area contributed by atoms with Gasteiger partial charge in [-0.15, -0.1) is 0 Å². The van der Waals surface area contributed by atoms with Gasteiger partial charge >= 0.3 is 0 Å².